The van der Waals surface area contributed by atoms with E-state index in [1.54, 1.807) is 32.9 Å². The van der Waals surface area contributed by atoms with Crippen LogP contribution in [0.1, 0.15) is 50.5 Å². The van der Waals surface area contributed by atoms with Gasteiger partial charge in [-0.15, -0.1) is 5.73 Å². The summed E-state index contributed by atoms with van der Waals surface area (Å²) >= 11 is 6.17. The van der Waals surface area contributed by atoms with E-state index in [4.69, 9.17) is 17.3 Å². The van der Waals surface area contributed by atoms with Gasteiger partial charge in [-0.25, -0.2) is 0 Å². The Morgan fingerprint density at radius 1 is 0.978 bits per heavy atom. The maximum Gasteiger partial charge on any atom is 0.262 e. The topological polar surface area (TPSA) is 133 Å². The molecule has 0 bridgehead atoms. The Hall–Kier alpha value is -4.14. The lowest BCUT2D eigenvalue weighted by Gasteiger charge is -2.36. The van der Waals surface area contributed by atoms with Crippen molar-refractivity contribution < 1.29 is 24.0 Å². The molecule has 6 rings (SSSR count). The van der Waals surface area contributed by atoms with Crippen molar-refractivity contribution in [2.45, 2.75) is 81.6 Å². The molecule has 6 atom stereocenters. The number of hydrogen-bond donors (Lipinski definition) is 2. The Bertz CT molecular complexity index is 1530. The van der Waals surface area contributed by atoms with Crippen LogP contribution in [0.25, 0.3) is 0 Å². The molecular weight excluding hydrogens is 594 g/mol. The summed E-state index contributed by atoms with van der Waals surface area (Å²) in [5.41, 5.74) is 9.97. The Morgan fingerprint density at radius 2 is 1.73 bits per heavy atom. The number of carbonyl (C=O) groups is 5. The van der Waals surface area contributed by atoms with Gasteiger partial charge in [-0.3, -0.25) is 24.0 Å². The lowest BCUT2D eigenvalue weighted by Crippen LogP contribution is -2.58. The number of nitrogens with two attached hydrogens (primary N) is 1. The zero-order valence-corrected chi connectivity index (χ0v) is 25.8. The molecule has 5 aliphatic rings. The Labute approximate surface area is 267 Å². The summed E-state index contributed by atoms with van der Waals surface area (Å²) in [6.45, 7) is 0.817. The van der Waals surface area contributed by atoms with Gasteiger partial charge in [0.2, 0.25) is 23.6 Å². The van der Waals surface area contributed by atoms with Gasteiger partial charge in [0.1, 0.15) is 18.1 Å². The number of aryl methyl sites for hydroxylation is 1. The highest BCUT2D eigenvalue weighted by molar-refractivity contribution is 6.31. The first-order chi connectivity index (χ1) is 21.7. The van der Waals surface area contributed by atoms with E-state index in [1.807, 2.05) is 36.4 Å². The van der Waals surface area contributed by atoms with Crippen LogP contribution in [-0.2, 0) is 30.4 Å². The highest BCUT2D eigenvalue weighted by Gasteiger charge is 2.52. The third-order valence-corrected chi connectivity index (χ3v) is 10.1. The number of hydrogen-bond acceptors (Lipinski definition) is 5. The molecule has 3 N–H and O–H groups in total. The van der Waals surface area contributed by atoms with Gasteiger partial charge >= 0.3 is 0 Å². The molecule has 0 aliphatic carbocycles. The second kappa shape index (κ2) is 13.1. The second-order valence-corrected chi connectivity index (χ2v) is 12.8. The summed E-state index contributed by atoms with van der Waals surface area (Å²) < 4.78 is 0. The van der Waals surface area contributed by atoms with Crippen LogP contribution in [0.3, 0.4) is 0 Å². The van der Waals surface area contributed by atoms with Gasteiger partial charge in [-0.2, -0.15) is 0 Å². The number of carbonyl (C=O) groups excluding carboxylic acids is 5. The molecule has 11 heteroatoms. The van der Waals surface area contributed by atoms with E-state index in [2.05, 4.69) is 11.0 Å². The number of primary amides is 1. The standard InChI is InChI=1S/C34H38ClN5O5/c35-26-7-2-1-5-21(26)10-17-29(41)37-19-4-3-6-23-9-12-25-14-16-28(40(25)32(23)43)33(44)38-20-18-22-8-11-24-13-15-27(31(36)42)39(24)34(45)30(22)38/h1-3,5,7-9,11-12,22,24-25,27-28,30H,4,10,13-20H2,(H2,36,42)(H,37,41)/t6?,22-,24?,25?,27?,28?,30?/m0/s1. The van der Waals surface area contributed by atoms with Gasteiger partial charge in [0.15, 0.2) is 0 Å². The van der Waals surface area contributed by atoms with Crippen molar-refractivity contribution in [3.8, 4) is 0 Å². The number of halogens is 1. The Kier molecular flexibility index (Phi) is 8.97. The molecule has 5 unspecified atom stereocenters. The normalized spacial score (nSPS) is 28.4. The fourth-order valence-corrected chi connectivity index (χ4v) is 7.64. The first-order valence-corrected chi connectivity index (χ1v) is 16.2. The smallest absolute Gasteiger partial charge is 0.262 e. The maximum atomic E-state index is 14.0. The summed E-state index contributed by atoms with van der Waals surface area (Å²) in [4.78, 5) is 70.7. The van der Waals surface area contributed by atoms with Crippen molar-refractivity contribution >= 4 is 41.1 Å². The number of nitrogens with one attached hydrogen (secondary N) is 1. The molecular formula is C34H38ClN5O5. The predicted octanol–water partition coefficient (Wildman–Crippen LogP) is 2.42. The van der Waals surface area contributed by atoms with Crippen LogP contribution >= 0.6 is 11.6 Å². The first kappa shape index (κ1) is 30.9. The van der Waals surface area contributed by atoms with Crippen molar-refractivity contribution in [1.29, 1.82) is 0 Å². The van der Waals surface area contributed by atoms with Gasteiger partial charge in [-0.1, -0.05) is 48.0 Å². The minimum absolute atomic E-state index is 0.0805. The molecule has 45 heavy (non-hydrogen) atoms. The number of amides is 5. The monoisotopic (exact) mass is 631 g/mol. The van der Waals surface area contributed by atoms with E-state index in [1.165, 1.54) is 0 Å². The fraction of sp³-hybridized carbons (Fsp3) is 0.471. The molecule has 10 nitrogen and oxygen atoms in total. The van der Waals surface area contributed by atoms with Gasteiger partial charge in [0.05, 0.1) is 17.7 Å². The number of rotatable bonds is 8. The lowest BCUT2D eigenvalue weighted by molar-refractivity contribution is -0.151. The molecule has 5 aliphatic heterocycles. The van der Waals surface area contributed by atoms with Crippen LogP contribution in [0.2, 0.25) is 5.02 Å². The average Bonchev–Trinajstić information content (AvgIpc) is 3.75. The highest BCUT2D eigenvalue weighted by Crippen LogP contribution is 2.38. The minimum Gasteiger partial charge on any atom is -0.368 e. The van der Waals surface area contributed by atoms with Gasteiger partial charge in [0, 0.05) is 30.5 Å². The fourth-order valence-electron chi connectivity index (χ4n) is 7.41. The summed E-state index contributed by atoms with van der Waals surface area (Å²) in [6, 6.07) is 5.01. The number of likely N-dealkylation sites (tertiary alicyclic amines) is 1. The van der Waals surface area contributed by atoms with Crippen molar-refractivity contribution in [3.63, 3.8) is 0 Å². The van der Waals surface area contributed by atoms with Crippen LogP contribution in [-0.4, -0.2) is 87.5 Å². The van der Waals surface area contributed by atoms with Crippen molar-refractivity contribution in [2.24, 2.45) is 11.7 Å². The Balaban J connectivity index is 1.07. The molecule has 1 aromatic rings. The summed E-state index contributed by atoms with van der Waals surface area (Å²) in [5, 5.41) is 3.52. The molecule has 0 spiro atoms. The molecule has 1 aromatic carbocycles. The molecule has 0 radical (unpaired) electrons. The van der Waals surface area contributed by atoms with E-state index in [0.717, 1.165) is 5.56 Å². The van der Waals surface area contributed by atoms with Crippen LogP contribution in [0, 0.1) is 5.92 Å². The molecule has 5 amide bonds. The van der Waals surface area contributed by atoms with E-state index < -0.39 is 24.0 Å². The minimum atomic E-state index is -0.706. The van der Waals surface area contributed by atoms with Crippen LogP contribution in [0.5, 0.6) is 0 Å². The molecule has 3 fully saturated rings. The first-order valence-electron chi connectivity index (χ1n) is 15.8. The van der Waals surface area contributed by atoms with Gasteiger partial charge in [0.25, 0.3) is 5.91 Å². The van der Waals surface area contributed by atoms with Crippen LogP contribution < -0.4 is 11.1 Å². The van der Waals surface area contributed by atoms with Crippen molar-refractivity contribution in [2.75, 3.05) is 13.1 Å². The number of nitrogens with zero attached hydrogens (tertiary/aromatic N) is 3. The molecule has 3 saturated heterocycles. The van der Waals surface area contributed by atoms with E-state index in [-0.39, 0.29) is 41.6 Å². The zero-order valence-electron chi connectivity index (χ0n) is 25.1. The quantitative estimate of drug-likeness (QED) is 0.197. The molecule has 5 heterocycles. The summed E-state index contributed by atoms with van der Waals surface area (Å²) in [7, 11) is 0. The lowest BCUT2D eigenvalue weighted by atomic mass is 9.98. The SMILES string of the molecule is NC(=O)C1CCC2C=C[C@H]3CCN(C(=O)C4CCC5C=CC(=C=CCCNC(=O)CCc6ccccc6Cl)C(=O)N54)C3C(=O)N21. The maximum absolute atomic E-state index is 14.0. The zero-order chi connectivity index (χ0) is 31.7. The van der Waals surface area contributed by atoms with Crippen LogP contribution in [0.4, 0.5) is 0 Å². The van der Waals surface area contributed by atoms with Crippen molar-refractivity contribution in [3.05, 3.63) is 76.5 Å². The van der Waals surface area contributed by atoms with Gasteiger partial charge < -0.3 is 25.8 Å². The molecule has 0 saturated carbocycles. The number of fused-ring (bicyclic) bond motifs is 3. The summed E-state index contributed by atoms with van der Waals surface area (Å²) in [6.07, 6.45) is 13.8. The molecule has 0 aromatic heterocycles. The largest absolute Gasteiger partial charge is 0.368 e. The third-order valence-electron chi connectivity index (χ3n) is 9.68. The Morgan fingerprint density at radius 3 is 2.51 bits per heavy atom. The van der Waals surface area contributed by atoms with E-state index >= 15 is 0 Å². The second-order valence-electron chi connectivity index (χ2n) is 12.3. The number of benzene rings is 1. The highest BCUT2D eigenvalue weighted by atomic mass is 35.5. The van der Waals surface area contributed by atoms with Crippen LogP contribution in [0.15, 0.2) is 65.9 Å². The summed E-state index contributed by atoms with van der Waals surface area (Å²) in [5.74, 6) is -1.48. The average molecular weight is 632 g/mol. The van der Waals surface area contributed by atoms with E-state index in [9.17, 15) is 24.0 Å². The molecule has 236 valence electrons. The third kappa shape index (κ3) is 6.09. The predicted molar refractivity (Wildman–Crippen MR) is 167 cm³/mol. The van der Waals surface area contributed by atoms with Gasteiger partial charge in [-0.05, 0) is 68.7 Å². The van der Waals surface area contributed by atoms with E-state index in [0.29, 0.717) is 75.1 Å². The van der Waals surface area contributed by atoms with Crippen molar-refractivity contribution in [1.82, 2.24) is 20.0 Å².